The number of hydrogen-bond donors (Lipinski definition) is 1. The maximum Gasteiger partial charge on any atom is 0.253 e. The van der Waals surface area contributed by atoms with Gasteiger partial charge in [0, 0.05) is 44.1 Å². The van der Waals surface area contributed by atoms with E-state index < -0.39 is 5.92 Å². The van der Waals surface area contributed by atoms with Crippen molar-refractivity contribution in [2.75, 3.05) is 13.1 Å². The fourth-order valence-electron chi connectivity index (χ4n) is 2.53. The number of rotatable bonds is 4. The molecule has 1 amide bonds. The summed E-state index contributed by atoms with van der Waals surface area (Å²) in [6.07, 6.45) is 2.02. The van der Waals surface area contributed by atoms with Crippen LogP contribution in [0.25, 0.3) is 0 Å². The molecule has 3 rings (SSSR count). The van der Waals surface area contributed by atoms with Crippen LogP contribution in [-0.2, 0) is 6.54 Å². The van der Waals surface area contributed by atoms with Crippen molar-refractivity contribution in [3.8, 4) is 0 Å². The molecule has 0 atom stereocenters. The van der Waals surface area contributed by atoms with Crippen LogP contribution in [0.2, 0.25) is 0 Å². The zero-order valence-corrected chi connectivity index (χ0v) is 13.2. The number of benzene rings is 1. The van der Waals surface area contributed by atoms with E-state index >= 15 is 0 Å². The average molecular weight is 331 g/mol. The van der Waals surface area contributed by atoms with Gasteiger partial charge in [0.25, 0.3) is 11.8 Å². The van der Waals surface area contributed by atoms with Crippen LogP contribution < -0.4 is 5.32 Å². The molecule has 0 spiro atoms. The molecule has 0 bridgehead atoms. The second-order valence-corrected chi connectivity index (χ2v) is 6.00. The normalized spacial score (nSPS) is 20.4. The van der Waals surface area contributed by atoms with Gasteiger partial charge in [-0.05, 0) is 30.5 Å². The standard InChI is InChI=1S/C16H20F2N2O.ClH/c17-16(18)7-9-20(10-8-16)15(21)13-3-1-12(2-4-13)11-19-14-5-6-14;/h1-4,14,19H,5-11H2;1H. The van der Waals surface area contributed by atoms with E-state index in [2.05, 4.69) is 5.32 Å². The third-order valence-electron chi connectivity index (χ3n) is 4.16. The lowest BCUT2D eigenvalue weighted by Gasteiger charge is -2.31. The summed E-state index contributed by atoms with van der Waals surface area (Å²) in [7, 11) is 0. The number of halogens is 3. The molecule has 1 N–H and O–H groups in total. The molecule has 3 nitrogen and oxygen atoms in total. The molecule has 2 fully saturated rings. The van der Waals surface area contributed by atoms with E-state index in [1.807, 2.05) is 12.1 Å². The monoisotopic (exact) mass is 330 g/mol. The Balaban J connectivity index is 0.00000176. The van der Waals surface area contributed by atoms with Crippen molar-refractivity contribution in [3.63, 3.8) is 0 Å². The number of likely N-dealkylation sites (tertiary alicyclic amines) is 1. The summed E-state index contributed by atoms with van der Waals surface area (Å²) in [6, 6.07) is 8.10. The molecule has 0 unspecified atom stereocenters. The molecular weight excluding hydrogens is 310 g/mol. The maximum atomic E-state index is 13.1. The molecule has 6 heteroatoms. The van der Waals surface area contributed by atoms with Crippen molar-refractivity contribution < 1.29 is 13.6 Å². The zero-order valence-electron chi connectivity index (χ0n) is 12.4. The van der Waals surface area contributed by atoms with Crippen LogP contribution in [-0.4, -0.2) is 35.9 Å². The molecular formula is C16H21ClF2N2O. The molecule has 1 aliphatic heterocycles. The highest BCUT2D eigenvalue weighted by atomic mass is 35.5. The maximum absolute atomic E-state index is 13.1. The smallest absolute Gasteiger partial charge is 0.253 e. The third kappa shape index (κ3) is 4.40. The average Bonchev–Trinajstić information content (AvgIpc) is 3.29. The van der Waals surface area contributed by atoms with Gasteiger partial charge >= 0.3 is 0 Å². The Kier molecular flexibility index (Phi) is 5.40. The Bertz CT molecular complexity index is 507. The largest absolute Gasteiger partial charge is 0.338 e. The van der Waals surface area contributed by atoms with Crippen LogP contribution >= 0.6 is 12.4 Å². The van der Waals surface area contributed by atoms with E-state index in [4.69, 9.17) is 0 Å². The Morgan fingerprint density at radius 1 is 1.18 bits per heavy atom. The topological polar surface area (TPSA) is 32.3 Å². The number of nitrogens with one attached hydrogen (secondary N) is 1. The molecule has 22 heavy (non-hydrogen) atoms. The number of carbonyl (C=O) groups excluding carboxylic acids is 1. The van der Waals surface area contributed by atoms with Crippen LogP contribution in [0.15, 0.2) is 24.3 Å². The van der Waals surface area contributed by atoms with Gasteiger partial charge in [-0.2, -0.15) is 0 Å². The van der Waals surface area contributed by atoms with Gasteiger partial charge in [0.15, 0.2) is 0 Å². The van der Waals surface area contributed by atoms with E-state index in [-0.39, 0.29) is 44.2 Å². The predicted octanol–water partition coefficient (Wildman–Crippen LogP) is 3.23. The Hall–Kier alpha value is -1.20. The number of alkyl halides is 2. The molecule has 1 saturated carbocycles. The molecule has 0 aromatic heterocycles. The van der Waals surface area contributed by atoms with Gasteiger partial charge in [-0.1, -0.05) is 12.1 Å². The molecule has 0 radical (unpaired) electrons. The van der Waals surface area contributed by atoms with Gasteiger partial charge in [0.2, 0.25) is 0 Å². The minimum Gasteiger partial charge on any atom is -0.338 e. The summed E-state index contributed by atoms with van der Waals surface area (Å²) in [5.74, 6) is -2.76. The zero-order chi connectivity index (χ0) is 14.9. The highest BCUT2D eigenvalue weighted by Gasteiger charge is 2.35. The molecule has 1 aromatic rings. The highest BCUT2D eigenvalue weighted by Crippen LogP contribution is 2.28. The van der Waals surface area contributed by atoms with Crippen molar-refractivity contribution in [3.05, 3.63) is 35.4 Å². The van der Waals surface area contributed by atoms with Crippen molar-refractivity contribution in [1.29, 1.82) is 0 Å². The van der Waals surface area contributed by atoms with Crippen molar-refractivity contribution in [2.45, 2.75) is 44.2 Å². The first-order valence-electron chi connectivity index (χ1n) is 7.53. The summed E-state index contributed by atoms with van der Waals surface area (Å²) in [5, 5.41) is 3.42. The van der Waals surface area contributed by atoms with Gasteiger partial charge in [-0.15, -0.1) is 12.4 Å². The van der Waals surface area contributed by atoms with Crippen LogP contribution in [0.5, 0.6) is 0 Å². The lowest BCUT2D eigenvalue weighted by atomic mass is 10.0. The lowest BCUT2D eigenvalue weighted by molar-refractivity contribution is -0.0494. The first kappa shape index (κ1) is 17.2. The minimum atomic E-state index is -2.62. The first-order valence-corrected chi connectivity index (χ1v) is 7.53. The van der Waals surface area contributed by atoms with E-state index in [0.717, 1.165) is 12.1 Å². The van der Waals surface area contributed by atoms with Crippen LogP contribution in [0.4, 0.5) is 8.78 Å². The van der Waals surface area contributed by atoms with Crippen molar-refractivity contribution in [2.24, 2.45) is 0 Å². The summed E-state index contributed by atoms with van der Waals surface area (Å²) >= 11 is 0. The Labute approximate surface area is 135 Å². The van der Waals surface area contributed by atoms with Crippen LogP contribution in [0, 0.1) is 0 Å². The first-order chi connectivity index (χ1) is 10.0. The van der Waals surface area contributed by atoms with Gasteiger partial charge < -0.3 is 10.2 Å². The Morgan fingerprint density at radius 2 is 1.77 bits per heavy atom. The third-order valence-corrected chi connectivity index (χ3v) is 4.16. The quantitative estimate of drug-likeness (QED) is 0.919. The molecule has 1 aliphatic carbocycles. The second-order valence-electron chi connectivity index (χ2n) is 6.00. The minimum absolute atomic E-state index is 0. The fraction of sp³-hybridized carbons (Fsp3) is 0.562. The van der Waals surface area contributed by atoms with E-state index in [1.165, 1.54) is 17.7 Å². The summed E-state index contributed by atoms with van der Waals surface area (Å²) in [4.78, 5) is 13.8. The number of piperidine rings is 1. The van der Waals surface area contributed by atoms with E-state index in [0.29, 0.717) is 11.6 Å². The SMILES string of the molecule is Cl.O=C(c1ccc(CNC2CC2)cc1)N1CCC(F)(F)CC1. The van der Waals surface area contributed by atoms with Gasteiger partial charge in [0.05, 0.1) is 0 Å². The van der Waals surface area contributed by atoms with E-state index in [9.17, 15) is 13.6 Å². The molecule has 1 aromatic carbocycles. The second kappa shape index (κ2) is 6.92. The fourth-order valence-corrected chi connectivity index (χ4v) is 2.53. The lowest BCUT2D eigenvalue weighted by Crippen LogP contribution is -2.42. The van der Waals surface area contributed by atoms with Crippen LogP contribution in [0.3, 0.4) is 0 Å². The van der Waals surface area contributed by atoms with Crippen molar-refractivity contribution >= 4 is 18.3 Å². The summed E-state index contributed by atoms with van der Waals surface area (Å²) < 4.78 is 26.2. The summed E-state index contributed by atoms with van der Waals surface area (Å²) in [5.41, 5.74) is 1.72. The number of nitrogens with zero attached hydrogens (tertiary/aromatic N) is 1. The van der Waals surface area contributed by atoms with Crippen LogP contribution in [0.1, 0.15) is 41.6 Å². The molecule has 1 heterocycles. The van der Waals surface area contributed by atoms with Gasteiger partial charge in [0.1, 0.15) is 0 Å². The summed E-state index contributed by atoms with van der Waals surface area (Å²) in [6.45, 7) is 1.09. The molecule has 122 valence electrons. The molecule has 1 saturated heterocycles. The van der Waals surface area contributed by atoms with Gasteiger partial charge in [-0.3, -0.25) is 4.79 Å². The highest BCUT2D eigenvalue weighted by molar-refractivity contribution is 5.94. The van der Waals surface area contributed by atoms with Crippen molar-refractivity contribution in [1.82, 2.24) is 10.2 Å². The Morgan fingerprint density at radius 3 is 2.32 bits per heavy atom. The number of hydrogen-bond acceptors (Lipinski definition) is 2. The van der Waals surface area contributed by atoms with E-state index in [1.54, 1.807) is 12.1 Å². The molecule has 2 aliphatic rings. The number of carbonyl (C=O) groups is 1. The number of amides is 1. The van der Waals surface area contributed by atoms with Gasteiger partial charge in [-0.25, -0.2) is 8.78 Å². The predicted molar refractivity (Wildman–Crippen MR) is 83.6 cm³/mol.